The number of nitro groups is 1. The lowest BCUT2D eigenvalue weighted by atomic mass is 10.2. The standard InChI is InChI=1S/C15H13N3O6/c1-24-15(21)10-5-6-14(20)17(8-10)9-13(19)16-11-3-2-4-12(7-11)18(22)23/h2-8H,9H2,1H3,(H,16,19). The molecule has 0 aliphatic heterocycles. The average Bonchev–Trinajstić information content (AvgIpc) is 2.56. The first-order chi connectivity index (χ1) is 11.4. The van der Waals surface area contributed by atoms with Crippen LogP contribution >= 0.6 is 0 Å². The molecule has 24 heavy (non-hydrogen) atoms. The number of pyridine rings is 1. The van der Waals surface area contributed by atoms with Gasteiger partial charge in [-0.25, -0.2) is 4.79 Å². The molecule has 0 fully saturated rings. The van der Waals surface area contributed by atoms with Gasteiger partial charge in [-0.05, 0) is 12.1 Å². The van der Waals surface area contributed by atoms with Gasteiger partial charge in [-0.3, -0.25) is 19.7 Å². The van der Waals surface area contributed by atoms with Crippen molar-refractivity contribution in [2.75, 3.05) is 12.4 Å². The van der Waals surface area contributed by atoms with Crippen molar-refractivity contribution in [3.05, 3.63) is 68.6 Å². The number of methoxy groups -OCH3 is 1. The van der Waals surface area contributed by atoms with E-state index in [-0.39, 0.29) is 23.5 Å². The minimum absolute atomic E-state index is 0.125. The van der Waals surface area contributed by atoms with E-state index in [9.17, 15) is 24.5 Å². The van der Waals surface area contributed by atoms with E-state index >= 15 is 0 Å². The fourth-order valence-corrected chi connectivity index (χ4v) is 1.95. The Hall–Kier alpha value is -3.49. The summed E-state index contributed by atoms with van der Waals surface area (Å²) in [5.41, 5.74) is -0.291. The van der Waals surface area contributed by atoms with E-state index in [1.807, 2.05) is 0 Å². The molecule has 0 radical (unpaired) electrons. The van der Waals surface area contributed by atoms with E-state index in [1.165, 1.54) is 43.6 Å². The zero-order valence-corrected chi connectivity index (χ0v) is 12.6. The second-order valence-electron chi connectivity index (χ2n) is 4.73. The van der Waals surface area contributed by atoms with Gasteiger partial charge in [0.2, 0.25) is 5.91 Å². The molecule has 9 nitrogen and oxygen atoms in total. The van der Waals surface area contributed by atoms with Crippen molar-refractivity contribution in [1.82, 2.24) is 4.57 Å². The highest BCUT2D eigenvalue weighted by molar-refractivity contribution is 5.91. The molecule has 1 aromatic carbocycles. The number of rotatable bonds is 5. The molecule has 0 aliphatic rings. The lowest BCUT2D eigenvalue weighted by molar-refractivity contribution is -0.384. The van der Waals surface area contributed by atoms with Gasteiger partial charge in [0, 0.05) is 30.1 Å². The van der Waals surface area contributed by atoms with Gasteiger partial charge in [0.1, 0.15) is 6.54 Å². The van der Waals surface area contributed by atoms with Crippen molar-refractivity contribution in [2.24, 2.45) is 0 Å². The van der Waals surface area contributed by atoms with Gasteiger partial charge in [-0.2, -0.15) is 0 Å². The van der Waals surface area contributed by atoms with Gasteiger partial charge in [-0.15, -0.1) is 0 Å². The fraction of sp³-hybridized carbons (Fsp3) is 0.133. The van der Waals surface area contributed by atoms with E-state index in [0.717, 1.165) is 10.6 Å². The summed E-state index contributed by atoms with van der Waals surface area (Å²) in [4.78, 5) is 45.3. The minimum atomic E-state index is -0.636. The van der Waals surface area contributed by atoms with E-state index in [1.54, 1.807) is 0 Å². The maximum absolute atomic E-state index is 12.0. The molecule has 1 amide bonds. The monoisotopic (exact) mass is 331 g/mol. The Morgan fingerprint density at radius 3 is 2.71 bits per heavy atom. The predicted molar refractivity (Wildman–Crippen MR) is 83.8 cm³/mol. The van der Waals surface area contributed by atoms with Crippen molar-refractivity contribution in [2.45, 2.75) is 6.54 Å². The van der Waals surface area contributed by atoms with Crippen LogP contribution in [0.2, 0.25) is 0 Å². The van der Waals surface area contributed by atoms with Crippen LogP contribution in [0.15, 0.2) is 47.4 Å². The molecule has 0 bridgehead atoms. The molecule has 0 spiro atoms. The van der Waals surface area contributed by atoms with Crippen molar-refractivity contribution in [1.29, 1.82) is 0 Å². The van der Waals surface area contributed by atoms with E-state index in [2.05, 4.69) is 10.1 Å². The number of anilines is 1. The van der Waals surface area contributed by atoms with Crippen molar-refractivity contribution >= 4 is 23.3 Å². The third kappa shape index (κ3) is 4.03. The average molecular weight is 331 g/mol. The third-order valence-corrected chi connectivity index (χ3v) is 3.06. The first-order valence-corrected chi connectivity index (χ1v) is 6.74. The third-order valence-electron chi connectivity index (χ3n) is 3.06. The Kier molecular flexibility index (Phi) is 5.05. The predicted octanol–water partition coefficient (Wildman–Crippen LogP) is 1.18. The number of esters is 1. The molecule has 0 saturated carbocycles. The number of hydrogen-bond acceptors (Lipinski definition) is 6. The first kappa shape index (κ1) is 16.9. The zero-order chi connectivity index (χ0) is 17.7. The molecule has 1 heterocycles. The van der Waals surface area contributed by atoms with E-state index in [4.69, 9.17) is 0 Å². The second kappa shape index (κ2) is 7.18. The molecular formula is C15H13N3O6. The molecule has 9 heteroatoms. The van der Waals surface area contributed by atoms with Gasteiger partial charge in [0.05, 0.1) is 17.6 Å². The zero-order valence-electron chi connectivity index (χ0n) is 12.6. The quantitative estimate of drug-likeness (QED) is 0.499. The Balaban J connectivity index is 2.15. The number of nitro benzene ring substituents is 1. The summed E-state index contributed by atoms with van der Waals surface area (Å²) in [5, 5.41) is 13.2. The van der Waals surface area contributed by atoms with Crippen LogP contribution in [0.5, 0.6) is 0 Å². The van der Waals surface area contributed by atoms with Crippen molar-refractivity contribution in [3.63, 3.8) is 0 Å². The molecule has 1 aromatic heterocycles. The Morgan fingerprint density at radius 1 is 1.29 bits per heavy atom. The maximum Gasteiger partial charge on any atom is 0.339 e. The van der Waals surface area contributed by atoms with Crippen LogP contribution in [0, 0.1) is 10.1 Å². The highest BCUT2D eigenvalue weighted by Crippen LogP contribution is 2.16. The number of benzene rings is 1. The molecule has 0 aliphatic carbocycles. The topological polar surface area (TPSA) is 121 Å². The normalized spacial score (nSPS) is 10.0. The molecule has 1 N–H and O–H groups in total. The number of nitrogens with zero attached hydrogens (tertiary/aromatic N) is 2. The Labute approximate surface area is 135 Å². The van der Waals surface area contributed by atoms with Gasteiger partial charge < -0.3 is 14.6 Å². The summed E-state index contributed by atoms with van der Waals surface area (Å²) < 4.78 is 5.59. The van der Waals surface area contributed by atoms with Crippen LogP contribution in [0.4, 0.5) is 11.4 Å². The lowest BCUT2D eigenvalue weighted by Gasteiger charge is -2.08. The SMILES string of the molecule is COC(=O)c1ccc(=O)n(CC(=O)Nc2cccc([N+](=O)[O-])c2)c1. The molecular weight excluding hydrogens is 318 g/mol. The summed E-state index contributed by atoms with van der Waals surface area (Å²) in [5.74, 6) is -1.21. The second-order valence-corrected chi connectivity index (χ2v) is 4.73. The highest BCUT2D eigenvalue weighted by atomic mass is 16.6. The molecule has 2 aromatic rings. The van der Waals surface area contributed by atoms with Crippen LogP contribution in [-0.4, -0.2) is 28.5 Å². The number of non-ortho nitro benzene ring substituents is 1. The first-order valence-electron chi connectivity index (χ1n) is 6.74. The molecule has 0 unspecified atom stereocenters. The minimum Gasteiger partial charge on any atom is -0.465 e. The number of aromatic nitrogens is 1. The molecule has 0 atom stereocenters. The van der Waals surface area contributed by atoms with E-state index < -0.39 is 22.4 Å². The Bertz CT molecular complexity index is 858. The van der Waals surface area contributed by atoms with Gasteiger partial charge in [0.15, 0.2) is 0 Å². The summed E-state index contributed by atoms with van der Waals surface area (Å²) in [6, 6.07) is 7.85. The summed E-state index contributed by atoms with van der Waals surface area (Å²) in [6.45, 7) is -0.355. The van der Waals surface area contributed by atoms with Crippen LogP contribution in [0.3, 0.4) is 0 Å². The van der Waals surface area contributed by atoms with Gasteiger partial charge in [0.25, 0.3) is 11.2 Å². The largest absolute Gasteiger partial charge is 0.465 e. The van der Waals surface area contributed by atoms with E-state index in [0.29, 0.717) is 0 Å². The smallest absolute Gasteiger partial charge is 0.339 e. The van der Waals surface area contributed by atoms with Gasteiger partial charge >= 0.3 is 5.97 Å². The maximum atomic E-state index is 12.0. The molecule has 0 saturated heterocycles. The van der Waals surface area contributed by atoms with Crippen LogP contribution in [0.25, 0.3) is 0 Å². The number of carbonyl (C=O) groups is 2. The summed E-state index contributed by atoms with van der Waals surface area (Å²) >= 11 is 0. The molecule has 124 valence electrons. The van der Waals surface area contributed by atoms with Crippen molar-refractivity contribution in [3.8, 4) is 0 Å². The number of hydrogen-bond donors (Lipinski definition) is 1. The molecule has 2 rings (SSSR count). The van der Waals surface area contributed by atoms with Crippen molar-refractivity contribution < 1.29 is 19.2 Å². The fourth-order valence-electron chi connectivity index (χ4n) is 1.95. The summed E-state index contributed by atoms with van der Waals surface area (Å²) in [6.07, 6.45) is 1.21. The summed E-state index contributed by atoms with van der Waals surface area (Å²) in [7, 11) is 1.20. The van der Waals surface area contributed by atoms with Crippen LogP contribution in [-0.2, 0) is 16.1 Å². The number of nitrogens with one attached hydrogen (secondary N) is 1. The Morgan fingerprint density at radius 2 is 2.04 bits per heavy atom. The van der Waals surface area contributed by atoms with Crippen LogP contribution in [0.1, 0.15) is 10.4 Å². The number of ether oxygens (including phenoxy) is 1. The van der Waals surface area contributed by atoms with Crippen LogP contribution < -0.4 is 10.9 Å². The lowest BCUT2D eigenvalue weighted by Crippen LogP contribution is -2.27. The number of carbonyl (C=O) groups excluding carboxylic acids is 2. The van der Waals surface area contributed by atoms with Gasteiger partial charge in [-0.1, -0.05) is 6.07 Å². The highest BCUT2D eigenvalue weighted by Gasteiger charge is 2.11. The number of amides is 1.